The van der Waals surface area contributed by atoms with E-state index in [0.717, 1.165) is 11.1 Å². The smallest absolute Gasteiger partial charge is 0.341 e. The Labute approximate surface area is 256 Å². The first-order chi connectivity index (χ1) is 20.9. The first-order valence-electron chi connectivity index (χ1n) is 13.3. The summed E-state index contributed by atoms with van der Waals surface area (Å²) in [4.78, 5) is 28.3. The number of halogens is 1. The van der Waals surface area contributed by atoms with Crippen molar-refractivity contribution in [3.8, 4) is 5.75 Å². The third-order valence-electron chi connectivity index (χ3n) is 5.88. The summed E-state index contributed by atoms with van der Waals surface area (Å²) in [6.07, 6.45) is 1.34. The summed E-state index contributed by atoms with van der Waals surface area (Å²) in [7, 11) is 4.25. The standard InChI is InChI=1S/C32H34ClN3O7/c1-6-42-36-31(22(2)34-43-19-25-9-7-8-10-28(25)29(20-38-3)32(37)39-4)24-13-17-27(18-14-24)41-21-30(35-40-5)23-11-15-26(33)16-12-23/h7-18,20H,6,19,21H2,1-5H3/b29-20+,34-22+,35-30+,36-31-. The SMILES string of the molecule is CCO/N=C(/C(C)=N/OCc1ccccc1/C(=C\OC)C(=O)OC)c1ccc(OC/C(=N\OC)c2ccc(Cl)cc2)cc1. The molecule has 0 spiro atoms. The van der Waals surface area contributed by atoms with E-state index in [1.807, 2.05) is 61.5 Å². The molecule has 0 fully saturated rings. The van der Waals surface area contributed by atoms with Crippen molar-refractivity contribution >= 4 is 40.3 Å². The largest absolute Gasteiger partial charge is 0.503 e. The molecular weight excluding hydrogens is 574 g/mol. The van der Waals surface area contributed by atoms with Crippen LogP contribution in [0, 0.1) is 0 Å². The van der Waals surface area contributed by atoms with Gasteiger partial charge in [-0.2, -0.15) is 0 Å². The molecule has 0 atom stereocenters. The predicted octanol–water partition coefficient (Wildman–Crippen LogP) is 6.26. The zero-order valence-electron chi connectivity index (χ0n) is 24.7. The van der Waals surface area contributed by atoms with Gasteiger partial charge in [0.25, 0.3) is 0 Å². The minimum atomic E-state index is -0.528. The van der Waals surface area contributed by atoms with Crippen molar-refractivity contribution in [3.63, 3.8) is 0 Å². The summed E-state index contributed by atoms with van der Waals surface area (Å²) in [5.74, 6) is 0.0879. The van der Waals surface area contributed by atoms with Crippen molar-refractivity contribution in [3.05, 3.63) is 106 Å². The second-order valence-corrected chi connectivity index (χ2v) is 9.20. The van der Waals surface area contributed by atoms with Gasteiger partial charge in [-0.15, -0.1) is 0 Å². The van der Waals surface area contributed by atoms with E-state index in [4.69, 9.17) is 40.3 Å². The number of hydrogen-bond donors (Lipinski definition) is 0. The number of ether oxygens (including phenoxy) is 3. The molecule has 3 rings (SSSR count). The summed E-state index contributed by atoms with van der Waals surface area (Å²) >= 11 is 6.00. The highest BCUT2D eigenvalue weighted by Gasteiger charge is 2.17. The fraction of sp³-hybridized carbons (Fsp3) is 0.250. The van der Waals surface area contributed by atoms with Gasteiger partial charge in [0, 0.05) is 21.7 Å². The Bertz CT molecular complexity index is 1470. The van der Waals surface area contributed by atoms with Crippen LogP contribution in [-0.2, 0) is 35.4 Å². The fourth-order valence-corrected chi connectivity index (χ4v) is 3.96. The van der Waals surface area contributed by atoms with E-state index < -0.39 is 5.97 Å². The van der Waals surface area contributed by atoms with E-state index >= 15 is 0 Å². The number of oxime groups is 3. The van der Waals surface area contributed by atoms with Gasteiger partial charge in [0.05, 0.1) is 20.5 Å². The lowest BCUT2D eigenvalue weighted by Crippen LogP contribution is -2.15. The maximum Gasteiger partial charge on any atom is 0.341 e. The van der Waals surface area contributed by atoms with Crippen LogP contribution in [0.15, 0.2) is 94.5 Å². The molecule has 0 aromatic heterocycles. The molecule has 0 aliphatic rings. The van der Waals surface area contributed by atoms with E-state index in [1.165, 1.54) is 27.6 Å². The molecule has 11 heteroatoms. The highest BCUT2D eigenvalue weighted by atomic mass is 35.5. The normalized spacial score (nSPS) is 12.4. The molecule has 0 saturated heterocycles. The summed E-state index contributed by atoms with van der Waals surface area (Å²) in [6.45, 7) is 4.24. The van der Waals surface area contributed by atoms with Crippen molar-refractivity contribution < 1.29 is 33.5 Å². The average molecular weight is 608 g/mol. The van der Waals surface area contributed by atoms with Crippen LogP contribution < -0.4 is 4.74 Å². The van der Waals surface area contributed by atoms with E-state index in [1.54, 1.807) is 25.1 Å². The topological polar surface area (TPSA) is 110 Å². The van der Waals surface area contributed by atoms with Crippen molar-refractivity contribution in [1.82, 2.24) is 0 Å². The molecule has 3 aromatic rings. The fourth-order valence-electron chi connectivity index (χ4n) is 3.83. The number of carbonyl (C=O) groups is 1. The van der Waals surface area contributed by atoms with Crippen molar-refractivity contribution in [2.75, 3.05) is 34.5 Å². The summed E-state index contributed by atoms with van der Waals surface area (Å²) in [5, 5.41) is 13.2. The van der Waals surface area contributed by atoms with E-state index in [2.05, 4.69) is 15.5 Å². The monoisotopic (exact) mass is 607 g/mol. The van der Waals surface area contributed by atoms with Crippen LogP contribution in [-0.4, -0.2) is 57.6 Å². The molecule has 0 saturated carbocycles. The van der Waals surface area contributed by atoms with Gasteiger partial charge in [-0.3, -0.25) is 0 Å². The maximum absolute atomic E-state index is 12.3. The Morgan fingerprint density at radius 2 is 1.56 bits per heavy atom. The van der Waals surface area contributed by atoms with Crippen LogP contribution in [0.1, 0.15) is 36.1 Å². The molecule has 3 aromatic carbocycles. The zero-order chi connectivity index (χ0) is 31.0. The Balaban J connectivity index is 1.74. The first kappa shape index (κ1) is 32.7. The number of benzene rings is 3. The lowest BCUT2D eigenvalue weighted by molar-refractivity contribution is -0.133. The van der Waals surface area contributed by atoms with Gasteiger partial charge in [0.1, 0.15) is 55.4 Å². The molecule has 0 N–H and O–H groups in total. The minimum Gasteiger partial charge on any atom is -0.503 e. The first-order valence-corrected chi connectivity index (χ1v) is 13.6. The van der Waals surface area contributed by atoms with Crippen LogP contribution in [0.25, 0.3) is 5.57 Å². The molecule has 0 bridgehead atoms. The summed E-state index contributed by atoms with van der Waals surface area (Å²) in [6, 6.07) is 21.8. The second kappa shape index (κ2) is 17.2. The number of methoxy groups -OCH3 is 2. The Kier molecular flexibility index (Phi) is 13.1. The molecule has 0 heterocycles. The number of carbonyl (C=O) groups excluding carboxylic acids is 1. The highest BCUT2D eigenvalue weighted by Crippen LogP contribution is 2.22. The van der Waals surface area contributed by atoms with Gasteiger partial charge in [-0.25, -0.2) is 4.79 Å². The van der Waals surface area contributed by atoms with Crippen LogP contribution in [0.4, 0.5) is 0 Å². The number of nitrogens with zero attached hydrogens (tertiary/aromatic N) is 3. The second-order valence-electron chi connectivity index (χ2n) is 8.76. The highest BCUT2D eigenvalue weighted by molar-refractivity contribution is 6.47. The van der Waals surface area contributed by atoms with Gasteiger partial charge in [0.2, 0.25) is 0 Å². The molecule has 0 aliphatic carbocycles. The van der Waals surface area contributed by atoms with Gasteiger partial charge >= 0.3 is 5.97 Å². The van der Waals surface area contributed by atoms with Crippen LogP contribution in [0.3, 0.4) is 0 Å². The zero-order valence-corrected chi connectivity index (χ0v) is 25.5. The third kappa shape index (κ3) is 9.61. The average Bonchev–Trinajstić information content (AvgIpc) is 3.03. The number of esters is 1. The maximum atomic E-state index is 12.3. The van der Waals surface area contributed by atoms with Gasteiger partial charge in [-0.1, -0.05) is 63.5 Å². The molecule has 0 amide bonds. The third-order valence-corrected chi connectivity index (χ3v) is 6.13. The molecular formula is C32H34ClN3O7. The van der Waals surface area contributed by atoms with Gasteiger partial charge in [-0.05, 0) is 55.8 Å². The number of rotatable bonds is 15. The van der Waals surface area contributed by atoms with E-state index in [-0.39, 0.29) is 18.8 Å². The van der Waals surface area contributed by atoms with Crippen molar-refractivity contribution in [1.29, 1.82) is 0 Å². The van der Waals surface area contributed by atoms with Crippen LogP contribution in [0.2, 0.25) is 5.02 Å². The molecule has 10 nitrogen and oxygen atoms in total. The lowest BCUT2D eigenvalue weighted by Gasteiger charge is -2.12. The van der Waals surface area contributed by atoms with Gasteiger partial charge < -0.3 is 28.7 Å². The minimum absolute atomic E-state index is 0.0826. The Hall–Kier alpha value is -4.83. The molecule has 43 heavy (non-hydrogen) atoms. The molecule has 0 unspecified atom stereocenters. The lowest BCUT2D eigenvalue weighted by atomic mass is 10.0. The Morgan fingerprint density at radius 3 is 2.21 bits per heavy atom. The van der Waals surface area contributed by atoms with Crippen LogP contribution >= 0.6 is 11.6 Å². The summed E-state index contributed by atoms with van der Waals surface area (Å²) in [5.41, 5.74) is 4.74. The summed E-state index contributed by atoms with van der Waals surface area (Å²) < 4.78 is 15.9. The van der Waals surface area contributed by atoms with E-state index in [9.17, 15) is 4.79 Å². The van der Waals surface area contributed by atoms with E-state index in [0.29, 0.717) is 45.6 Å². The quantitative estimate of drug-likeness (QED) is 0.0659. The van der Waals surface area contributed by atoms with Crippen LogP contribution in [0.5, 0.6) is 5.75 Å². The predicted molar refractivity (Wildman–Crippen MR) is 166 cm³/mol. The van der Waals surface area contributed by atoms with Crippen molar-refractivity contribution in [2.45, 2.75) is 20.5 Å². The van der Waals surface area contributed by atoms with Crippen molar-refractivity contribution in [2.24, 2.45) is 15.5 Å². The molecule has 0 radical (unpaired) electrons. The molecule has 226 valence electrons. The molecule has 0 aliphatic heterocycles. The van der Waals surface area contributed by atoms with Gasteiger partial charge in [0.15, 0.2) is 0 Å². The Morgan fingerprint density at radius 1 is 0.860 bits per heavy atom. The number of hydrogen-bond acceptors (Lipinski definition) is 10.